The molecule has 1 aromatic heterocycles. The van der Waals surface area contributed by atoms with E-state index < -0.39 is 0 Å². The highest BCUT2D eigenvalue weighted by Gasteiger charge is 2.07. The van der Waals surface area contributed by atoms with Crippen LogP contribution in [-0.2, 0) is 11.2 Å². The number of ether oxygens (including phenoxy) is 1. The Morgan fingerprint density at radius 1 is 0.967 bits per heavy atom. The van der Waals surface area contributed by atoms with Crippen molar-refractivity contribution in [2.24, 2.45) is 0 Å². The molecule has 1 aromatic carbocycles. The maximum absolute atomic E-state index is 5.58. The molecule has 1 unspecified atom stereocenters. The van der Waals surface area contributed by atoms with E-state index in [1.165, 1.54) is 56.9 Å². The van der Waals surface area contributed by atoms with Gasteiger partial charge in [0.1, 0.15) is 0 Å². The highest BCUT2D eigenvalue weighted by atomic mass is 16.5. The summed E-state index contributed by atoms with van der Waals surface area (Å²) in [6.45, 7) is 7.07. The molecule has 3 nitrogen and oxygen atoms in total. The predicted octanol–water partition coefficient (Wildman–Crippen LogP) is 6.99. The number of hydrogen-bond donors (Lipinski definition) is 0. The fourth-order valence-corrected chi connectivity index (χ4v) is 3.61. The van der Waals surface area contributed by atoms with Gasteiger partial charge in [0.25, 0.3) is 0 Å². The van der Waals surface area contributed by atoms with Crippen LogP contribution < -0.4 is 0 Å². The van der Waals surface area contributed by atoms with Crippen molar-refractivity contribution < 1.29 is 4.74 Å². The Morgan fingerprint density at radius 2 is 1.73 bits per heavy atom. The Kier molecular flexibility index (Phi) is 11.8. The summed E-state index contributed by atoms with van der Waals surface area (Å²) in [5.74, 6) is 6.60. The quantitative estimate of drug-likeness (QED) is 0.265. The third-order valence-electron chi connectivity index (χ3n) is 5.31. The average molecular weight is 407 g/mol. The van der Waals surface area contributed by atoms with Crippen LogP contribution in [0.5, 0.6) is 0 Å². The van der Waals surface area contributed by atoms with Crippen molar-refractivity contribution in [3.63, 3.8) is 0 Å². The highest BCUT2D eigenvalue weighted by Crippen LogP contribution is 2.23. The van der Waals surface area contributed by atoms with Gasteiger partial charge in [-0.15, -0.1) is 0 Å². The fourth-order valence-electron chi connectivity index (χ4n) is 3.61. The standard InChI is InChI=1S/C27H38N2O/c1-4-6-7-8-9-10-11-12-16-24-19-20-25(17-13-15-23(3)30-5-2)26(22-24)27-18-14-21-28-29-27/h14,18-23H,4-12,15-16H2,1-3H3. The molecule has 0 fully saturated rings. The van der Waals surface area contributed by atoms with Crippen LogP contribution in [0.2, 0.25) is 0 Å². The first kappa shape index (κ1) is 24.1. The van der Waals surface area contributed by atoms with Crippen LogP contribution in [0.15, 0.2) is 36.5 Å². The predicted molar refractivity (Wildman–Crippen MR) is 126 cm³/mol. The van der Waals surface area contributed by atoms with Gasteiger partial charge in [0.05, 0.1) is 11.8 Å². The summed E-state index contributed by atoms with van der Waals surface area (Å²) in [5, 5.41) is 8.39. The number of aryl methyl sites for hydroxylation is 1. The van der Waals surface area contributed by atoms with E-state index in [0.29, 0.717) is 0 Å². The lowest BCUT2D eigenvalue weighted by Gasteiger charge is -2.09. The second-order valence-electron chi connectivity index (χ2n) is 7.99. The van der Waals surface area contributed by atoms with Gasteiger partial charge in [-0.2, -0.15) is 10.2 Å². The largest absolute Gasteiger partial charge is 0.378 e. The molecule has 0 saturated carbocycles. The minimum Gasteiger partial charge on any atom is -0.378 e. The van der Waals surface area contributed by atoms with Gasteiger partial charge >= 0.3 is 0 Å². The molecule has 162 valence electrons. The van der Waals surface area contributed by atoms with E-state index >= 15 is 0 Å². The SMILES string of the molecule is CCCCCCCCCCc1ccc(C#CCC(C)OCC)c(-c2cccnn2)c1. The number of aromatic nitrogens is 2. The van der Waals surface area contributed by atoms with E-state index in [-0.39, 0.29) is 6.10 Å². The first-order chi connectivity index (χ1) is 14.7. The summed E-state index contributed by atoms with van der Waals surface area (Å²) in [7, 11) is 0. The minimum atomic E-state index is 0.156. The molecule has 0 saturated heterocycles. The zero-order chi connectivity index (χ0) is 21.4. The van der Waals surface area contributed by atoms with E-state index in [2.05, 4.69) is 54.1 Å². The Labute approximate surface area is 183 Å². The third-order valence-corrected chi connectivity index (χ3v) is 5.31. The van der Waals surface area contributed by atoms with Crippen molar-refractivity contribution in [1.82, 2.24) is 10.2 Å². The molecule has 0 radical (unpaired) electrons. The number of nitrogens with zero attached hydrogens (tertiary/aromatic N) is 2. The molecule has 0 spiro atoms. The van der Waals surface area contributed by atoms with Gasteiger partial charge in [0, 0.05) is 30.4 Å². The Morgan fingerprint density at radius 3 is 2.43 bits per heavy atom. The van der Waals surface area contributed by atoms with Crippen molar-refractivity contribution in [1.29, 1.82) is 0 Å². The zero-order valence-electron chi connectivity index (χ0n) is 19.1. The zero-order valence-corrected chi connectivity index (χ0v) is 19.1. The van der Waals surface area contributed by atoms with Crippen LogP contribution in [0, 0.1) is 11.8 Å². The lowest BCUT2D eigenvalue weighted by Crippen LogP contribution is -2.05. The van der Waals surface area contributed by atoms with Crippen LogP contribution >= 0.6 is 0 Å². The van der Waals surface area contributed by atoms with Gasteiger partial charge in [-0.25, -0.2) is 0 Å². The Hall–Kier alpha value is -2.18. The van der Waals surface area contributed by atoms with Crippen molar-refractivity contribution in [2.45, 2.75) is 91.1 Å². The van der Waals surface area contributed by atoms with Gasteiger partial charge in [-0.05, 0) is 56.5 Å². The Balaban J connectivity index is 1.98. The molecule has 2 rings (SSSR count). The topological polar surface area (TPSA) is 35.0 Å². The monoisotopic (exact) mass is 406 g/mol. The second-order valence-corrected chi connectivity index (χ2v) is 7.99. The van der Waals surface area contributed by atoms with E-state index in [0.717, 1.165) is 36.3 Å². The molecule has 30 heavy (non-hydrogen) atoms. The summed E-state index contributed by atoms with van der Waals surface area (Å²) < 4.78 is 5.58. The van der Waals surface area contributed by atoms with Gasteiger partial charge in [0.15, 0.2) is 0 Å². The van der Waals surface area contributed by atoms with E-state index in [9.17, 15) is 0 Å². The van der Waals surface area contributed by atoms with Crippen molar-refractivity contribution in [3.8, 4) is 23.1 Å². The lowest BCUT2D eigenvalue weighted by atomic mass is 9.97. The molecule has 1 atom stereocenters. The van der Waals surface area contributed by atoms with E-state index in [1.54, 1.807) is 6.20 Å². The first-order valence-electron chi connectivity index (χ1n) is 11.8. The number of rotatable bonds is 13. The normalized spacial score (nSPS) is 11.7. The molecule has 0 aliphatic carbocycles. The highest BCUT2D eigenvalue weighted by molar-refractivity contribution is 5.68. The lowest BCUT2D eigenvalue weighted by molar-refractivity contribution is 0.0802. The molecule has 3 heteroatoms. The molecule has 0 aliphatic heterocycles. The van der Waals surface area contributed by atoms with Gasteiger partial charge < -0.3 is 4.74 Å². The smallest absolute Gasteiger partial charge is 0.0942 e. The van der Waals surface area contributed by atoms with E-state index in [4.69, 9.17) is 4.74 Å². The third kappa shape index (κ3) is 9.09. The summed E-state index contributed by atoms with van der Waals surface area (Å²) in [6.07, 6.45) is 14.5. The van der Waals surface area contributed by atoms with Crippen LogP contribution in [-0.4, -0.2) is 22.9 Å². The van der Waals surface area contributed by atoms with E-state index in [1.807, 2.05) is 19.1 Å². The molecular weight excluding hydrogens is 368 g/mol. The van der Waals surface area contributed by atoms with Gasteiger partial charge in [0.2, 0.25) is 0 Å². The molecule has 0 N–H and O–H groups in total. The van der Waals surface area contributed by atoms with Crippen LogP contribution in [0.1, 0.15) is 89.7 Å². The van der Waals surface area contributed by atoms with Crippen molar-refractivity contribution >= 4 is 0 Å². The average Bonchev–Trinajstić information content (AvgIpc) is 2.77. The fraction of sp³-hybridized carbons (Fsp3) is 0.556. The maximum Gasteiger partial charge on any atom is 0.0942 e. The van der Waals surface area contributed by atoms with Crippen LogP contribution in [0.4, 0.5) is 0 Å². The summed E-state index contributed by atoms with van der Waals surface area (Å²) in [5.41, 5.74) is 4.34. The van der Waals surface area contributed by atoms with Gasteiger partial charge in [-0.3, -0.25) is 0 Å². The number of benzene rings is 1. The number of unbranched alkanes of at least 4 members (excludes halogenated alkanes) is 7. The summed E-state index contributed by atoms with van der Waals surface area (Å²) >= 11 is 0. The molecular formula is C27H38N2O. The van der Waals surface area contributed by atoms with Crippen LogP contribution in [0.3, 0.4) is 0 Å². The maximum atomic E-state index is 5.58. The molecule has 0 aliphatic rings. The van der Waals surface area contributed by atoms with Gasteiger partial charge in [-0.1, -0.05) is 69.8 Å². The summed E-state index contributed by atoms with van der Waals surface area (Å²) in [4.78, 5) is 0. The Bertz CT molecular complexity index is 776. The molecule has 0 bridgehead atoms. The first-order valence-corrected chi connectivity index (χ1v) is 11.8. The minimum absolute atomic E-state index is 0.156. The molecule has 0 amide bonds. The summed E-state index contributed by atoms with van der Waals surface area (Å²) in [6, 6.07) is 10.6. The number of hydrogen-bond acceptors (Lipinski definition) is 3. The van der Waals surface area contributed by atoms with Crippen molar-refractivity contribution in [3.05, 3.63) is 47.7 Å². The van der Waals surface area contributed by atoms with Crippen LogP contribution in [0.25, 0.3) is 11.3 Å². The molecule has 1 heterocycles. The second kappa shape index (κ2) is 14.7. The molecule has 2 aromatic rings. The van der Waals surface area contributed by atoms with Crippen molar-refractivity contribution in [2.75, 3.05) is 6.61 Å².